The standard InChI is InChI=1S/C13H16O/c1-3-13(10-14-13)9-8-12-7-5-4-6-11(12)2/h4-9H,3,10H2,1-2H3/b9-8+. The van der Waals surface area contributed by atoms with Crippen LogP contribution in [0.4, 0.5) is 0 Å². The molecule has 1 fully saturated rings. The summed E-state index contributed by atoms with van der Waals surface area (Å²) in [6, 6.07) is 8.40. The smallest absolute Gasteiger partial charge is 0.110 e. The van der Waals surface area contributed by atoms with Crippen molar-refractivity contribution in [1.29, 1.82) is 0 Å². The van der Waals surface area contributed by atoms with Crippen molar-refractivity contribution in [2.45, 2.75) is 25.9 Å². The maximum Gasteiger partial charge on any atom is 0.110 e. The number of benzene rings is 1. The number of hydrogen-bond donors (Lipinski definition) is 0. The molecular formula is C13H16O. The summed E-state index contributed by atoms with van der Waals surface area (Å²) in [7, 11) is 0. The van der Waals surface area contributed by atoms with E-state index < -0.39 is 0 Å². The van der Waals surface area contributed by atoms with Crippen molar-refractivity contribution in [3.05, 3.63) is 41.5 Å². The molecule has 2 rings (SSSR count). The molecule has 1 atom stereocenters. The Kier molecular flexibility index (Phi) is 2.42. The Hall–Kier alpha value is -1.08. The number of ether oxygens (including phenoxy) is 1. The summed E-state index contributed by atoms with van der Waals surface area (Å²) in [5.74, 6) is 0. The molecule has 0 amide bonds. The van der Waals surface area contributed by atoms with Gasteiger partial charge in [-0.05, 0) is 30.5 Å². The Labute approximate surface area is 85.4 Å². The molecule has 14 heavy (non-hydrogen) atoms. The molecule has 0 aliphatic carbocycles. The summed E-state index contributed by atoms with van der Waals surface area (Å²) in [6.07, 6.45) is 5.43. The van der Waals surface area contributed by atoms with Crippen molar-refractivity contribution in [2.75, 3.05) is 6.61 Å². The first-order chi connectivity index (χ1) is 6.76. The van der Waals surface area contributed by atoms with Crippen molar-refractivity contribution in [3.63, 3.8) is 0 Å². The Balaban J connectivity index is 2.14. The zero-order valence-electron chi connectivity index (χ0n) is 8.79. The van der Waals surface area contributed by atoms with Gasteiger partial charge in [-0.3, -0.25) is 0 Å². The zero-order valence-corrected chi connectivity index (χ0v) is 8.79. The molecule has 1 nitrogen and oxygen atoms in total. The van der Waals surface area contributed by atoms with Gasteiger partial charge in [0, 0.05) is 0 Å². The second kappa shape index (κ2) is 3.58. The lowest BCUT2D eigenvalue weighted by molar-refractivity contribution is 0.345. The molecule has 0 saturated carbocycles. The van der Waals surface area contributed by atoms with Gasteiger partial charge in [-0.25, -0.2) is 0 Å². The third-order valence-electron chi connectivity index (χ3n) is 2.87. The largest absolute Gasteiger partial charge is 0.365 e. The first-order valence-electron chi connectivity index (χ1n) is 5.15. The quantitative estimate of drug-likeness (QED) is 0.664. The van der Waals surface area contributed by atoms with Gasteiger partial charge >= 0.3 is 0 Å². The fraction of sp³-hybridized carbons (Fsp3) is 0.385. The van der Waals surface area contributed by atoms with Crippen LogP contribution in [0.25, 0.3) is 6.08 Å². The monoisotopic (exact) mass is 188 g/mol. The normalized spacial score (nSPS) is 25.6. The topological polar surface area (TPSA) is 12.5 Å². The van der Waals surface area contributed by atoms with Gasteiger partial charge in [0.25, 0.3) is 0 Å². The van der Waals surface area contributed by atoms with Gasteiger partial charge in [-0.2, -0.15) is 0 Å². The van der Waals surface area contributed by atoms with Gasteiger partial charge in [-0.15, -0.1) is 0 Å². The van der Waals surface area contributed by atoms with Crippen LogP contribution in [-0.4, -0.2) is 12.2 Å². The molecule has 1 saturated heterocycles. The lowest BCUT2D eigenvalue weighted by atomic mass is 10.0. The molecule has 1 aliphatic heterocycles. The molecule has 0 radical (unpaired) electrons. The summed E-state index contributed by atoms with van der Waals surface area (Å²) in [6.45, 7) is 5.17. The lowest BCUT2D eigenvalue weighted by Crippen LogP contribution is -2.02. The second-order valence-electron chi connectivity index (χ2n) is 3.90. The van der Waals surface area contributed by atoms with Crippen LogP contribution in [0.3, 0.4) is 0 Å². The van der Waals surface area contributed by atoms with E-state index in [0.717, 1.165) is 13.0 Å². The van der Waals surface area contributed by atoms with E-state index in [4.69, 9.17) is 4.74 Å². The van der Waals surface area contributed by atoms with Crippen LogP contribution < -0.4 is 0 Å². The molecule has 1 aromatic carbocycles. The fourth-order valence-electron chi connectivity index (χ4n) is 1.53. The predicted octanol–water partition coefficient (Wildman–Crippen LogP) is 3.19. The minimum absolute atomic E-state index is 0.0578. The van der Waals surface area contributed by atoms with Crippen LogP contribution in [0.1, 0.15) is 24.5 Å². The Morgan fingerprint density at radius 3 is 2.71 bits per heavy atom. The van der Waals surface area contributed by atoms with Crippen molar-refractivity contribution in [2.24, 2.45) is 0 Å². The highest BCUT2D eigenvalue weighted by atomic mass is 16.6. The molecule has 0 bridgehead atoms. The van der Waals surface area contributed by atoms with Crippen LogP contribution >= 0.6 is 0 Å². The van der Waals surface area contributed by atoms with Crippen LogP contribution in [-0.2, 0) is 4.74 Å². The average Bonchev–Trinajstić information content (AvgIpc) is 2.98. The molecule has 1 unspecified atom stereocenters. The Bertz CT molecular complexity index is 348. The van der Waals surface area contributed by atoms with Crippen LogP contribution in [0.5, 0.6) is 0 Å². The molecule has 0 spiro atoms. The van der Waals surface area contributed by atoms with Gasteiger partial charge < -0.3 is 4.74 Å². The number of epoxide rings is 1. The number of hydrogen-bond acceptors (Lipinski definition) is 1. The summed E-state index contributed by atoms with van der Waals surface area (Å²) >= 11 is 0. The van der Waals surface area contributed by atoms with Gasteiger partial charge in [0.2, 0.25) is 0 Å². The van der Waals surface area contributed by atoms with E-state index >= 15 is 0 Å². The molecule has 0 aromatic heterocycles. The van der Waals surface area contributed by atoms with E-state index in [1.54, 1.807) is 0 Å². The molecule has 74 valence electrons. The van der Waals surface area contributed by atoms with Crippen molar-refractivity contribution in [3.8, 4) is 0 Å². The zero-order chi connectivity index (χ0) is 10.0. The molecule has 1 heteroatoms. The van der Waals surface area contributed by atoms with Crippen molar-refractivity contribution < 1.29 is 4.74 Å². The summed E-state index contributed by atoms with van der Waals surface area (Å²) < 4.78 is 5.42. The third kappa shape index (κ3) is 1.88. The van der Waals surface area contributed by atoms with E-state index in [1.165, 1.54) is 11.1 Å². The summed E-state index contributed by atoms with van der Waals surface area (Å²) in [4.78, 5) is 0. The fourth-order valence-corrected chi connectivity index (χ4v) is 1.53. The van der Waals surface area contributed by atoms with E-state index in [2.05, 4.69) is 50.3 Å². The summed E-state index contributed by atoms with van der Waals surface area (Å²) in [5, 5.41) is 0. The van der Waals surface area contributed by atoms with Gasteiger partial charge in [0.15, 0.2) is 0 Å². The Morgan fingerprint density at radius 1 is 1.43 bits per heavy atom. The highest BCUT2D eigenvalue weighted by molar-refractivity contribution is 5.54. The van der Waals surface area contributed by atoms with Gasteiger partial charge in [0.1, 0.15) is 5.60 Å². The first-order valence-corrected chi connectivity index (χ1v) is 5.15. The maximum absolute atomic E-state index is 5.42. The average molecular weight is 188 g/mol. The van der Waals surface area contributed by atoms with Gasteiger partial charge in [0.05, 0.1) is 6.61 Å². The SMILES string of the molecule is CCC1(/C=C/c2ccccc2C)CO1. The number of rotatable bonds is 3. The second-order valence-corrected chi connectivity index (χ2v) is 3.90. The van der Waals surface area contributed by atoms with Crippen molar-refractivity contribution in [1.82, 2.24) is 0 Å². The van der Waals surface area contributed by atoms with E-state index in [-0.39, 0.29) is 5.60 Å². The number of aryl methyl sites for hydroxylation is 1. The minimum atomic E-state index is 0.0578. The highest BCUT2D eigenvalue weighted by Gasteiger charge is 2.39. The molecule has 1 heterocycles. The van der Waals surface area contributed by atoms with Crippen LogP contribution in [0.15, 0.2) is 30.3 Å². The van der Waals surface area contributed by atoms with Crippen LogP contribution in [0.2, 0.25) is 0 Å². The van der Waals surface area contributed by atoms with E-state index in [0.29, 0.717) is 0 Å². The highest BCUT2D eigenvalue weighted by Crippen LogP contribution is 2.32. The Morgan fingerprint density at radius 2 is 2.14 bits per heavy atom. The first kappa shape index (κ1) is 9.47. The van der Waals surface area contributed by atoms with E-state index in [9.17, 15) is 0 Å². The predicted molar refractivity (Wildman–Crippen MR) is 59.2 cm³/mol. The molecule has 1 aromatic rings. The maximum atomic E-state index is 5.42. The van der Waals surface area contributed by atoms with Crippen LogP contribution in [0, 0.1) is 6.92 Å². The third-order valence-corrected chi connectivity index (χ3v) is 2.87. The van der Waals surface area contributed by atoms with Gasteiger partial charge in [-0.1, -0.05) is 37.3 Å². The summed E-state index contributed by atoms with van der Waals surface area (Å²) in [5.41, 5.74) is 2.66. The molecule has 1 aliphatic rings. The van der Waals surface area contributed by atoms with E-state index in [1.807, 2.05) is 0 Å². The van der Waals surface area contributed by atoms with Crippen molar-refractivity contribution >= 4 is 6.08 Å². The molecular weight excluding hydrogens is 172 g/mol. The molecule has 0 N–H and O–H groups in total. The lowest BCUT2D eigenvalue weighted by Gasteiger charge is -2.02. The minimum Gasteiger partial charge on any atom is -0.365 e.